The van der Waals surface area contributed by atoms with Crippen molar-refractivity contribution in [3.05, 3.63) is 0 Å². The first-order chi connectivity index (χ1) is 3.50. The Hall–Kier alpha value is -0.240. The van der Waals surface area contributed by atoms with Crippen LogP contribution in [-0.4, -0.2) is 11.8 Å². The van der Waals surface area contributed by atoms with Crippen molar-refractivity contribution in [2.75, 3.05) is 5.88 Å². The zero-order valence-corrected chi connectivity index (χ0v) is 5.66. The Labute approximate surface area is 53.5 Å². The summed E-state index contributed by atoms with van der Waals surface area (Å²) in [5, 5.41) is 10.1. The lowest BCUT2D eigenvalue weighted by Gasteiger charge is -2.21. The first-order valence-electron chi connectivity index (χ1n) is 2.28. The molecule has 0 unspecified atom stereocenters. The Morgan fingerprint density at radius 3 is 2.12 bits per heavy atom. The Morgan fingerprint density at radius 1 is 1.75 bits per heavy atom. The zero-order valence-electron chi connectivity index (χ0n) is 4.90. The minimum Gasteiger partial charge on any atom is -0.550 e. The van der Waals surface area contributed by atoms with Gasteiger partial charge in [0.1, 0.15) is 0 Å². The van der Waals surface area contributed by atoms with Crippen molar-refractivity contribution in [1.29, 1.82) is 0 Å². The summed E-state index contributed by atoms with van der Waals surface area (Å²) in [4.78, 5) is 10.1. The molecule has 0 aromatic rings. The zero-order chi connectivity index (χ0) is 6.78. The van der Waals surface area contributed by atoms with E-state index >= 15 is 0 Å². The third kappa shape index (κ3) is 1.70. The van der Waals surface area contributed by atoms with Crippen LogP contribution in [0.25, 0.3) is 0 Å². The maximum absolute atomic E-state index is 10.1. The number of carboxylic acids is 1. The SMILES string of the molecule is CC(C)(CCl)C(=O)[O-]. The fourth-order valence-electron chi connectivity index (χ4n) is 0.0546. The van der Waals surface area contributed by atoms with Gasteiger partial charge in [-0.15, -0.1) is 11.6 Å². The first kappa shape index (κ1) is 7.76. The van der Waals surface area contributed by atoms with Gasteiger partial charge >= 0.3 is 0 Å². The number of carbonyl (C=O) groups is 1. The van der Waals surface area contributed by atoms with Crippen LogP contribution < -0.4 is 5.11 Å². The predicted molar refractivity (Wildman–Crippen MR) is 29.5 cm³/mol. The summed E-state index contributed by atoms with van der Waals surface area (Å²) in [6.07, 6.45) is 0. The fourth-order valence-corrected chi connectivity index (χ4v) is 0.164. The second-order valence-corrected chi connectivity index (χ2v) is 2.57. The van der Waals surface area contributed by atoms with Gasteiger partial charge in [0.15, 0.2) is 0 Å². The molecule has 8 heavy (non-hydrogen) atoms. The average molecular weight is 136 g/mol. The molecule has 0 heterocycles. The quantitative estimate of drug-likeness (QED) is 0.500. The van der Waals surface area contributed by atoms with Crippen LogP contribution in [0.4, 0.5) is 0 Å². The second-order valence-electron chi connectivity index (χ2n) is 2.30. The lowest BCUT2D eigenvalue weighted by atomic mass is 9.97. The standard InChI is InChI=1S/C5H9ClO2/c1-5(2,3-6)4(7)8/h3H2,1-2H3,(H,7,8)/p-1. The van der Waals surface area contributed by atoms with Crippen molar-refractivity contribution in [3.63, 3.8) is 0 Å². The summed E-state index contributed by atoms with van der Waals surface area (Å²) in [6.45, 7) is 3.05. The summed E-state index contributed by atoms with van der Waals surface area (Å²) in [6, 6.07) is 0. The van der Waals surface area contributed by atoms with Crippen LogP contribution in [0.1, 0.15) is 13.8 Å². The number of carboxylic acid groups (broad SMARTS) is 1. The predicted octanol–water partition coefficient (Wildman–Crippen LogP) is 0.00130. The van der Waals surface area contributed by atoms with E-state index in [9.17, 15) is 9.90 Å². The summed E-state index contributed by atoms with van der Waals surface area (Å²) >= 11 is 5.27. The van der Waals surface area contributed by atoms with Crippen LogP contribution in [-0.2, 0) is 4.79 Å². The first-order valence-corrected chi connectivity index (χ1v) is 2.81. The summed E-state index contributed by atoms with van der Waals surface area (Å²) in [5.41, 5.74) is -0.887. The third-order valence-electron chi connectivity index (χ3n) is 0.887. The van der Waals surface area contributed by atoms with E-state index in [1.165, 1.54) is 13.8 Å². The molecule has 0 fully saturated rings. The minimum atomic E-state index is -1.10. The molecular weight excluding hydrogens is 128 g/mol. The Balaban J connectivity index is 3.91. The molecule has 0 bridgehead atoms. The van der Waals surface area contributed by atoms with Crippen molar-refractivity contribution in [2.24, 2.45) is 5.41 Å². The minimum absolute atomic E-state index is 0.0926. The molecule has 2 nitrogen and oxygen atoms in total. The van der Waals surface area contributed by atoms with E-state index in [1.54, 1.807) is 0 Å². The van der Waals surface area contributed by atoms with Gasteiger partial charge in [-0.3, -0.25) is 0 Å². The molecule has 0 saturated heterocycles. The maximum atomic E-state index is 10.1. The van der Waals surface area contributed by atoms with Gasteiger partial charge in [0.2, 0.25) is 0 Å². The highest BCUT2D eigenvalue weighted by Crippen LogP contribution is 2.14. The summed E-state index contributed by atoms with van der Waals surface area (Å²) in [7, 11) is 0. The monoisotopic (exact) mass is 135 g/mol. The number of aliphatic carboxylic acids is 1. The van der Waals surface area contributed by atoms with E-state index in [-0.39, 0.29) is 5.88 Å². The lowest BCUT2D eigenvalue weighted by Crippen LogP contribution is -2.39. The van der Waals surface area contributed by atoms with Gasteiger partial charge in [0.25, 0.3) is 0 Å². The molecular formula is C5H8ClO2-. The van der Waals surface area contributed by atoms with Crippen molar-refractivity contribution >= 4 is 17.6 Å². The largest absolute Gasteiger partial charge is 0.550 e. The average Bonchev–Trinajstić information content (AvgIpc) is 1.67. The molecule has 48 valence electrons. The van der Waals surface area contributed by atoms with E-state index in [2.05, 4.69) is 0 Å². The van der Waals surface area contributed by atoms with Crippen LogP contribution in [0.2, 0.25) is 0 Å². The van der Waals surface area contributed by atoms with Gasteiger partial charge in [0, 0.05) is 17.3 Å². The molecule has 0 amide bonds. The van der Waals surface area contributed by atoms with Crippen molar-refractivity contribution < 1.29 is 9.90 Å². The number of hydrogen-bond donors (Lipinski definition) is 0. The van der Waals surface area contributed by atoms with Crippen molar-refractivity contribution in [3.8, 4) is 0 Å². The number of rotatable bonds is 2. The maximum Gasteiger partial charge on any atom is 0.0482 e. The lowest BCUT2D eigenvalue weighted by molar-refractivity contribution is -0.316. The molecule has 0 aliphatic heterocycles. The second kappa shape index (κ2) is 2.35. The van der Waals surface area contributed by atoms with E-state index in [0.717, 1.165) is 0 Å². The molecule has 0 radical (unpaired) electrons. The van der Waals surface area contributed by atoms with Gasteiger partial charge in [0.05, 0.1) is 0 Å². The number of hydrogen-bond acceptors (Lipinski definition) is 2. The van der Waals surface area contributed by atoms with Crippen molar-refractivity contribution in [1.82, 2.24) is 0 Å². The highest BCUT2D eigenvalue weighted by Gasteiger charge is 2.16. The highest BCUT2D eigenvalue weighted by molar-refractivity contribution is 6.19. The molecule has 3 heteroatoms. The van der Waals surface area contributed by atoms with Crippen LogP contribution in [0.3, 0.4) is 0 Å². The summed E-state index contributed by atoms with van der Waals surface area (Å²) < 4.78 is 0. The molecule has 0 aliphatic rings. The fraction of sp³-hybridized carbons (Fsp3) is 0.800. The number of carbonyl (C=O) groups excluding carboxylic acids is 1. The molecule has 0 saturated carbocycles. The molecule has 0 aromatic carbocycles. The highest BCUT2D eigenvalue weighted by atomic mass is 35.5. The van der Waals surface area contributed by atoms with Crippen LogP contribution in [0, 0.1) is 5.41 Å². The van der Waals surface area contributed by atoms with E-state index in [0.29, 0.717) is 0 Å². The van der Waals surface area contributed by atoms with Crippen molar-refractivity contribution in [2.45, 2.75) is 13.8 Å². The number of alkyl halides is 1. The Kier molecular flexibility index (Phi) is 2.28. The molecule has 0 aromatic heterocycles. The van der Waals surface area contributed by atoms with E-state index in [4.69, 9.17) is 11.6 Å². The Morgan fingerprint density at radius 2 is 2.12 bits per heavy atom. The van der Waals surface area contributed by atoms with Crippen LogP contribution >= 0.6 is 11.6 Å². The number of halogens is 1. The third-order valence-corrected chi connectivity index (χ3v) is 1.55. The van der Waals surface area contributed by atoms with Crippen LogP contribution in [0.15, 0.2) is 0 Å². The van der Waals surface area contributed by atoms with Gasteiger partial charge in [-0.25, -0.2) is 0 Å². The normalized spacial score (nSPS) is 11.4. The van der Waals surface area contributed by atoms with Crippen LogP contribution in [0.5, 0.6) is 0 Å². The van der Waals surface area contributed by atoms with Gasteiger partial charge in [-0.1, -0.05) is 13.8 Å². The molecule has 0 spiro atoms. The molecule has 0 atom stereocenters. The van der Waals surface area contributed by atoms with Gasteiger partial charge in [-0.05, 0) is 0 Å². The Bertz CT molecular complexity index is 98.6. The summed E-state index contributed by atoms with van der Waals surface area (Å²) in [5.74, 6) is -1.01. The smallest absolute Gasteiger partial charge is 0.0482 e. The topological polar surface area (TPSA) is 40.1 Å². The van der Waals surface area contributed by atoms with Gasteiger partial charge in [-0.2, -0.15) is 0 Å². The van der Waals surface area contributed by atoms with E-state index in [1.807, 2.05) is 0 Å². The molecule has 0 aliphatic carbocycles. The van der Waals surface area contributed by atoms with E-state index < -0.39 is 11.4 Å². The molecule has 0 rings (SSSR count). The molecule has 0 N–H and O–H groups in total. The van der Waals surface area contributed by atoms with Gasteiger partial charge < -0.3 is 9.90 Å².